The summed E-state index contributed by atoms with van der Waals surface area (Å²) in [7, 11) is 0. The van der Waals surface area contributed by atoms with E-state index in [0.29, 0.717) is 0 Å². The molecule has 0 radical (unpaired) electrons. The summed E-state index contributed by atoms with van der Waals surface area (Å²) in [5.74, 6) is 0. The van der Waals surface area contributed by atoms with E-state index in [4.69, 9.17) is 0 Å². The van der Waals surface area contributed by atoms with E-state index in [1.165, 1.54) is 94.3 Å². The van der Waals surface area contributed by atoms with Crippen LogP contribution in [0.2, 0.25) is 0 Å². The third-order valence-corrected chi connectivity index (χ3v) is 13.5. The van der Waals surface area contributed by atoms with Crippen LogP contribution in [0.3, 0.4) is 0 Å². The van der Waals surface area contributed by atoms with Crippen LogP contribution in [0.15, 0.2) is 121 Å². The van der Waals surface area contributed by atoms with Crippen molar-refractivity contribution in [2.24, 2.45) is 0 Å². The molecule has 42 heavy (non-hydrogen) atoms. The van der Waals surface area contributed by atoms with Crippen molar-refractivity contribution in [3.05, 3.63) is 121 Å². The van der Waals surface area contributed by atoms with E-state index in [1.54, 1.807) is 0 Å². The number of hydrogen-bond acceptors (Lipinski definition) is 4. The van der Waals surface area contributed by atoms with Crippen molar-refractivity contribution >= 4 is 56.1 Å². The van der Waals surface area contributed by atoms with Gasteiger partial charge in [0.25, 0.3) is 0 Å². The zero-order valence-electron chi connectivity index (χ0n) is 22.2. The van der Waals surface area contributed by atoms with Gasteiger partial charge in [-0.3, -0.25) is 0 Å². The first-order valence-electron chi connectivity index (χ1n) is 14.0. The maximum Gasteiger partial charge on any atom is 0.0455 e. The number of thiophene rings is 4. The molecule has 0 fully saturated rings. The molecule has 2 aliphatic rings. The van der Waals surface area contributed by atoms with Gasteiger partial charge in [0, 0.05) is 61.3 Å². The monoisotopic (exact) mass is 604 g/mol. The first kappa shape index (κ1) is 23.5. The molecule has 4 heteroatoms. The predicted molar refractivity (Wildman–Crippen MR) is 186 cm³/mol. The zero-order chi connectivity index (χ0) is 27.4. The molecule has 4 aromatic carbocycles. The van der Waals surface area contributed by atoms with Crippen LogP contribution in [0.4, 0.5) is 0 Å². The van der Waals surface area contributed by atoms with E-state index in [-0.39, 0.29) is 0 Å². The normalized spacial score (nSPS) is 12.3. The molecular formula is C38H20S4. The molecule has 2 aliphatic carbocycles. The maximum absolute atomic E-state index is 2.43. The third kappa shape index (κ3) is 3.26. The second-order valence-electron chi connectivity index (χ2n) is 10.8. The SMILES string of the molecule is c1ccc(-c2ccc(-c3cc4c(s3)-c3ccc5c6c(ccc-4c36)-c3sc(-c4ccc(-c6ccccc6)s4)cc3-5)s2)cc1. The van der Waals surface area contributed by atoms with Gasteiger partial charge in [-0.1, -0.05) is 84.9 Å². The molecule has 8 aromatic rings. The molecule has 4 aromatic heterocycles. The highest BCUT2D eigenvalue weighted by Gasteiger charge is 2.32. The summed E-state index contributed by atoms with van der Waals surface area (Å²) in [6.45, 7) is 0. The Morgan fingerprint density at radius 1 is 0.286 bits per heavy atom. The van der Waals surface area contributed by atoms with Crippen molar-refractivity contribution in [1.29, 1.82) is 0 Å². The Labute approximate surface area is 259 Å². The van der Waals surface area contributed by atoms with Crippen LogP contribution in [0, 0.1) is 0 Å². The lowest BCUT2D eigenvalue weighted by Gasteiger charge is -2.07. The van der Waals surface area contributed by atoms with Crippen LogP contribution in [-0.4, -0.2) is 0 Å². The number of hydrogen-bond donors (Lipinski definition) is 0. The Morgan fingerprint density at radius 3 is 1.14 bits per heavy atom. The van der Waals surface area contributed by atoms with E-state index in [2.05, 4.69) is 121 Å². The van der Waals surface area contributed by atoms with Crippen molar-refractivity contribution < 1.29 is 0 Å². The van der Waals surface area contributed by atoms with Crippen LogP contribution in [0.25, 0.3) is 94.3 Å². The summed E-state index contributed by atoms with van der Waals surface area (Å²) in [4.78, 5) is 10.9. The number of rotatable bonds is 4. The van der Waals surface area contributed by atoms with Crippen molar-refractivity contribution in [1.82, 2.24) is 0 Å². The summed E-state index contributed by atoms with van der Waals surface area (Å²) >= 11 is 7.67. The molecule has 196 valence electrons. The quantitative estimate of drug-likeness (QED) is 0.187. The second-order valence-corrected chi connectivity index (χ2v) is 15.1. The Bertz CT molecular complexity index is 2090. The minimum absolute atomic E-state index is 1.29. The fraction of sp³-hybridized carbons (Fsp3) is 0. The number of benzene rings is 4. The molecule has 0 aliphatic heterocycles. The highest BCUT2D eigenvalue weighted by atomic mass is 32.1. The minimum atomic E-state index is 1.29. The van der Waals surface area contributed by atoms with Crippen molar-refractivity contribution in [3.63, 3.8) is 0 Å². The van der Waals surface area contributed by atoms with Gasteiger partial charge in [0.1, 0.15) is 0 Å². The summed E-state index contributed by atoms with van der Waals surface area (Å²) in [6.07, 6.45) is 0. The molecule has 0 amide bonds. The Kier molecular flexibility index (Phi) is 4.88. The Hall–Kier alpha value is -4.06. The van der Waals surface area contributed by atoms with Gasteiger partial charge in [0.15, 0.2) is 0 Å². The lowest BCUT2D eigenvalue weighted by molar-refractivity contribution is 1.70. The molecular weight excluding hydrogens is 585 g/mol. The average Bonchev–Trinajstić information content (AvgIpc) is 3.87. The van der Waals surface area contributed by atoms with E-state index in [1.807, 2.05) is 45.3 Å². The molecule has 0 nitrogen and oxygen atoms in total. The maximum atomic E-state index is 2.43. The van der Waals surface area contributed by atoms with Gasteiger partial charge in [0.05, 0.1) is 0 Å². The van der Waals surface area contributed by atoms with Crippen LogP contribution in [0.1, 0.15) is 0 Å². The summed E-state index contributed by atoms with van der Waals surface area (Å²) in [6, 6.07) is 44.9. The molecule has 4 heterocycles. The Morgan fingerprint density at radius 2 is 0.690 bits per heavy atom. The van der Waals surface area contributed by atoms with Gasteiger partial charge in [-0.25, -0.2) is 0 Å². The fourth-order valence-corrected chi connectivity index (χ4v) is 11.2. The van der Waals surface area contributed by atoms with E-state index in [9.17, 15) is 0 Å². The minimum Gasteiger partial charge on any atom is -0.134 e. The van der Waals surface area contributed by atoms with Crippen molar-refractivity contribution in [3.8, 4) is 83.5 Å². The molecule has 0 atom stereocenters. The number of fused-ring (bicyclic) bond motifs is 6. The summed E-state index contributed by atoms with van der Waals surface area (Å²) < 4.78 is 0. The molecule has 0 saturated carbocycles. The third-order valence-electron chi connectivity index (χ3n) is 8.51. The summed E-state index contributed by atoms with van der Waals surface area (Å²) in [5.41, 5.74) is 11.0. The standard InChI is InChI=1S/C38H20S4/c1-3-7-21(8-4-1)29-15-17-31(39-29)33-19-27-23-11-14-26-36-24(12-13-25(35(23)36)37(27)41-33)28-20-34(42-38(26)28)32-18-16-30(40-32)22-9-5-2-6-10-22/h1-20H. The van der Waals surface area contributed by atoms with Gasteiger partial charge in [-0.2, -0.15) is 0 Å². The first-order valence-corrected chi connectivity index (χ1v) is 17.3. The predicted octanol–water partition coefficient (Wildman–Crippen LogP) is 13.0. The zero-order valence-corrected chi connectivity index (χ0v) is 25.4. The average molecular weight is 605 g/mol. The van der Waals surface area contributed by atoms with Gasteiger partial charge >= 0.3 is 0 Å². The van der Waals surface area contributed by atoms with Crippen LogP contribution >= 0.6 is 45.3 Å². The van der Waals surface area contributed by atoms with Crippen LogP contribution < -0.4 is 0 Å². The summed E-state index contributed by atoms with van der Waals surface area (Å²) in [5, 5.41) is 2.89. The molecule has 0 spiro atoms. The lowest BCUT2D eigenvalue weighted by atomic mass is 9.98. The molecule has 10 rings (SSSR count). The van der Waals surface area contributed by atoms with Crippen molar-refractivity contribution in [2.45, 2.75) is 0 Å². The highest BCUT2D eigenvalue weighted by molar-refractivity contribution is 7.26. The lowest BCUT2D eigenvalue weighted by Crippen LogP contribution is -1.79. The fourth-order valence-electron chi connectivity index (χ4n) is 6.60. The van der Waals surface area contributed by atoms with E-state index >= 15 is 0 Å². The van der Waals surface area contributed by atoms with Crippen LogP contribution in [0.5, 0.6) is 0 Å². The molecule has 0 bridgehead atoms. The van der Waals surface area contributed by atoms with Gasteiger partial charge in [-0.15, -0.1) is 45.3 Å². The van der Waals surface area contributed by atoms with E-state index in [0.717, 1.165) is 0 Å². The largest absolute Gasteiger partial charge is 0.134 e. The first-order chi connectivity index (χ1) is 20.8. The Balaban J connectivity index is 1.04. The van der Waals surface area contributed by atoms with Gasteiger partial charge < -0.3 is 0 Å². The van der Waals surface area contributed by atoms with Gasteiger partial charge in [0.2, 0.25) is 0 Å². The second kappa shape index (κ2) is 8.73. The molecule has 0 unspecified atom stereocenters. The smallest absolute Gasteiger partial charge is 0.0455 e. The van der Waals surface area contributed by atoms with Crippen LogP contribution in [-0.2, 0) is 0 Å². The molecule has 0 N–H and O–H groups in total. The highest BCUT2D eigenvalue weighted by Crippen LogP contribution is 2.61. The van der Waals surface area contributed by atoms with Gasteiger partial charge in [-0.05, 0) is 69.4 Å². The molecule has 0 saturated heterocycles. The topological polar surface area (TPSA) is 0 Å². The van der Waals surface area contributed by atoms with E-state index < -0.39 is 0 Å². The van der Waals surface area contributed by atoms with Crippen molar-refractivity contribution in [2.75, 3.05) is 0 Å².